The Hall–Kier alpha value is -1.39. The zero-order chi connectivity index (χ0) is 15.0. The Morgan fingerprint density at radius 1 is 1.52 bits per heavy atom. The van der Waals surface area contributed by atoms with Gasteiger partial charge in [0, 0.05) is 23.0 Å². The van der Waals surface area contributed by atoms with Crippen LogP contribution in [0.2, 0.25) is 5.02 Å². The zero-order valence-electron chi connectivity index (χ0n) is 12.0. The van der Waals surface area contributed by atoms with E-state index in [4.69, 9.17) is 22.1 Å². The van der Waals surface area contributed by atoms with Crippen molar-refractivity contribution < 1.29 is 9.53 Å². The molecule has 1 saturated carbocycles. The predicted molar refractivity (Wildman–Crippen MR) is 82.6 cm³/mol. The Bertz CT molecular complexity index is 600. The first-order chi connectivity index (χ1) is 10.0. The molecule has 0 saturated heterocycles. The van der Waals surface area contributed by atoms with Crippen LogP contribution in [0.4, 0.5) is 0 Å². The third-order valence-corrected chi connectivity index (χ3v) is 4.44. The van der Waals surface area contributed by atoms with Gasteiger partial charge in [-0.05, 0) is 32.3 Å². The number of carbonyl (C=O) groups is 1. The molecule has 2 N–H and O–H groups in total. The van der Waals surface area contributed by atoms with Gasteiger partial charge in [0.05, 0.1) is 0 Å². The molecule has 2 unspecified atom stereocenters. The number of fused-ring (bicyclic) bond motifs is 2. The number of rotatable bonds is 3. The molecule has 1 heterocycles. The molecule has 1 aliphatic heterocycles. The lowest BCUT2D eigenvalue weighted by atomic mass is 9.74. The number of nitrogens with zero attached hydrogens (tertiary/aromatic N) is 1. The van der Waals surface area contributed by atoms with Crippen molar-refractivity contribution in [1.82, 2.24) is 0 Å². The number of hydrogen-bond acceptors (Lipinski definition) is 4. The fourth-order valence-corrected chi connectivity index (χ4v) is 3.48. The maximum Gasteiger partial charge on any atom is 0.205 e. The van der Waals surface area contributed by atoms with Crippen molar-refractivity contribution in [3.8, 4) is 0 Å². The quantitative estimate of drug-likeness (QED) is 0.934. The van der Waals surface area contributed by atoms with Crippen LogP contribution >= 0.6 is 11.6 Å². The van der Waals surface area contributed by atoms with Crippen LogP contribution < -0.4 is 5.73 Å². The number of hydrogen-bond donors (Lipinski definition) is 1. The number of ketones is 1. The van der Waals surface area contributed by atoms with E-state index in [0.29, 0.717) is 23.8 Å². The first-order valence-corrected chi connectivity index (χ1v) is 7.71. The Kier molecular flexibility index (Phi) is 3.76. The zero-order valence-corrected chi connectivity index (χ0v) is 12.8. The highest BCUT2D eigenvalue weighted by Crippen LogP contribution is 2.44. The minimum absolute atomic E-state index is 0.0234. The van der Waals surface area contributed by atoms with E-state index in [-0.39, 0.29) is 11.8 Å². The molecule has 0 aromatic heterocycles. The van der Waals surface area contributed by atoms with Crippen molar-refractivity contribution in [3.63, 3.8) is 0 Å². The highest BCUT2D eigenvalue weighted by molar-refractivity contribution is 6.32. The lowest BCUT2D eigenvalue weighted by Crippen LogP contribution is -2.51. The van der Waals surface area contributed by atoms with Crippen LogP contribution in [0.3, 0.4) is 0 Å². The van der Waals surface area contributed by atoms with Gasteiger partial charge in [-0.15, -0.1) is 0 Å². The van der Waals surface area contributed by atoms with Gasteiger partial charge < -0.3 is 10.5 Å². The summed E-state index contributed by atoms with van der Waals surface area (Å²) >= 11 is 6.33. The Labute approximate surface area is 129 Å². The molecule has 0 radical (unpaired) electrons. The standard InChI is InChI=1S/C16H19ClN2O2/c1-10(18)9-14-19-16(11-5-2-3-6-12(11)17)8-4-7-13(21-14)15(16)20/h2-3,5-6,10,13H,4,7-9,18H2,1H3/t10?,13-,16?/m0/s1. The number of ether oxygens (including phenoxy) is 1. The van der Waals surface area contributed by atoms with Gasteiger partial charge in [0.25, 0.3) is 0 Å². The van der Waals surface area contributed by atoms with Crippen LogP contribution in [0, 0.1) is 0 Å². The van der Waals surface area contributed by atoms with E-state index in [1.54, 1.807) is 6.07 Å². The molecule has 2 aliphatic rings. The summed E-state index contributed by atoms with van der Waals surface area (Å²) in [5.41, 5.74) is 5.75. The van der Waals surface area contributed by atoms with Gasteiger partial charge in [-0.1, -0.05) is 29.8 Å². The second-order valence-electron chi connectivity index (χ2n) is 5.89. The number of carbonyl (C=O) groups excluding carboxylic acids is 1. The third-order valence-electron chi connectivity index (χ3n) is 4.11. The van der Waals surface area contributed by atoms with Gasteiger partial charge in [-0.2, -0.15) is 0 Å². The first-order valence-electron chi connectivity index (χ1n) is 7.33. The Morgan fingerprint density at radius 2 is 2.29 bits per heavy atom. The molecule has 2 bridgehead atoms. The second-order valence-corrected chi connectivity index (χ2v) is 6.30. The Morgan fingerprint density at radius 3 is 3.00 bits per heavy atom. The van der Waals surface area contributed by atoms with E-state index in [2.05, 4.69) is 4.99 Å². The van der Waals surface area contributed by atoms with Crippen LogP contribution in [0.1, 0.15) is 38.2 Å². The van der Waals surface area contributed by atoms with Crippen molar-refractivity contribution in [3.05, 3.63) is 34.9 Å². The van der Waals surface area contributed by atoms with E-state index in [9.17, 15) is 4.79 Å². The van der Waals surface area contributed by atoms with E-state index in [1.165, 1.54) is 0 Å². The molecule has 1 aromatic rings. The predicted octanol–water partition coefficient (Wildman–Crippen LogP) is 2.82. The van der Waals surface area contributed by atoms with Crippen LogP contribution in [0.15, 0.2) is 29.3 Å². The highest BCUT2D eigenvalue weighted by Gasteiger charge is 2.51. The van der Waals surface area contributed by atoms with E-state index >= 15 is 0 Å². The summed E-state index contributed by atoms with van der Waals surface area (Å²) in [6.45, 7) is 1.90. The second kappa shape index (κ2) is 5.43. The summed E-state index contributed by atoms with van der Waals surface area (Å²) in [5, 5.41) is 0.581. The number of benzene rings is 1. The molecule has 0 spiro atoms. The SMILES string of the molecule is CC(N)CC1=NC2(c3ccccc3Cl)CCC[C@H](O1)C2=O. The van der Waals surface area contributed by atoms with Crippen LogP contribution in [-0.4, -0.2) is 23.8 Å². The van der Waals surface area contributed by atoms with Gasteiger partial charge in [-0.3, -0.25) is 4.79 Å². The molecular weight excluding hydrogens is 288 g/mol. The number of Topliss-reactive ketones (excluding diaryl/α,β-unsaturated/α-hetero) is 1. The molecule has 112 valence electrons. The summed E-state index contributed by atoms with van der Waals surface area (Å²) in [6, 6.07) is 7.39. The topological polar surface area (TPSA) is 64.7 Å². The van der Waals surface area contributed by atoms with Crippen LogP contribution in [0.5, 0.6) is 0 Å². The summed E-state index contributed by atoms with van der Waals surface area (Å²) in [5.74, 6) is 0.601. The summed E-state index contributed by atoms with van der Waals surface area (Å²) in [7, 11) is 0. The smallest absolute Gasteiger partial charge is 0.205 e. The molecule has 1 fully saturated rings. The highest BCUT2D eigenvalue weighted by atomic mass is 35.5. The van der Waals surface area contributed by atoms with Crippen molar-refractivity contribution in [2.24, 2.45) is 10.7 Å². The lowest BCUT2D eigenvalue weighted by molar-refractivity contribution is -0.137. The first kappa shape index (κ1) is 14.5. The molecular formula is C16H19ClN2O2. The summed E-state index contributed by atoms with van der Waals surface area (Å²) in [4.78, 5) is 17.5. The maximum atomic E-state index is 12.8. The van der Waals surface area contributed by atoms with Gasteiger partial charge in [0.1, 0.15) is 0 Å². The molecule has 3 atom stereocenters. The van der Waals surface area contributed by atoms with Crippen molar-refractivity contribution in [2.45, 2.75) is 50.3 Å². The summed E-state index contributed by atoms with van der Waals surface area (Å²) in [6.07, 6.45) is 2.44. The molecule has 21 heavy (non-hydrogen) atoms. The number of halogens is 1. The van der Waals surface area contributed by atoms with Gasteiger partial charge in [0.2, 0.25) is 5.78 Å². The molecule has 0 amide bonds. The van der Waals surface area contributed by atoms with Crippen molar-refractivity contribution in [2.75, 3.05) is 0 Å². The van der Waals surface area contributed by atoms with E-state index in [0.717, 1.165) is 18.4 Å². The minimum atomic E-state index is -0.885. The molecule has 1 aliphatic carbocycles. The molecule has 1 aromatic carbocycles. The number of aliphatic imine (C=N–C) groups is 1. The average molecular weight is 307 g/mol. The molecule has 3 rings (SSSR count). The number of nitrogens with two attached hydrogens (primary N) is 1. The van der Waals surface area contributed by atoms with Crippen LogP contribution in [-0.2, 0) is 15.1 Å². The fraction of sp³-hybridized carbons (Fsp3) is 0.500. The largest absolute Gasteiger partial charge is 0.470 e. The Balaban J connectivity index is 2.11. The van der Waals surface area contributed by atoms with Gasteiger partial charge in [-0.25, -0.2) is 4.99 Å². The lowest BCUT2D eigenvalue weighted by Gasteiger charge is -2.41. The molecule has 5 heteroatoms. The van der Waals surface area contributed by atoms with E-state index in [1.807, 2.05) is 25.1 Å². The molecule has 4 nitrogen and oxygen atoms in total. The van der Waals surface area contributed by atoms with Crippen LogP contribution in [0.25, 0.3) is 0 Å². The van der Waals surface area contributed by atoms with Gasteiger partial charge in [0.15, 0.2) is 17.5 Å². The summed E-state index contributed by atoms with van der Waals surface area (Å²) < 4.78 is 5.74. The maximum absolute atomic E-state index is 12.8. The third kappa shape index (κ3) is 2.47. The van der Waals surface area contributed by atoms with Crippen molar-refractivity contribution in [1.29, 1.82) is 0 Å². The average Bonchev–Trinajstić information content (AvgIpc) is 2.40. The normalized spacial score (nSPS) is 29.6. The van der Waals surface area contributed by atoms with Crippen molar-refractivity contribution >= 4 is 23.3 Å². The monoisotopic (exact) mass is 306 g/mol. The van der Waals surface area contributed by atoms with Gasteiger partial charge >= 0.3 is 0 Å². The minimum Gasteiger partial charge on any atom is -0.470 e. The van der Waals surface area contributed by atoms with E-state index < -0.39 is 11.6 Å². The fourth-order valence-electron chi connectivity index (χ4n) is 3.18.